The summed E-state index contributed by atoms with van der Waals surface area (Å²) in [5.74, 6) is 1.30. The minimum Gasteiger partial charge on any atom is -0.355 e. The van der Waals surface area contributed by atoms with Gasteiger partial charge in [0.1, 0.15) is 5.82 Å². The highest BCUT2D eigenvalue weighted by Gasteiger charge is 2.30. The summed E-state index contributed by atoms with van der Waals surface area (Å²) in [6.45, 7) is 4.83. The Balaban J connectivity index is 1.60. The fourth-order valence-corrected chi connectivity index (χ4v) is 3.01. The third kappa shape index (κ3) is 2.55. The van der Waals surface area contributed by atoms with E-state index in [1.807, 2.05) is 19.3 Å². The molecule has 0 N–H and O–H groups in total. The molecule has 2 aliphatic heterocycles. The van der Waals surface area contributed by atoms with Crippen LogP contribution >= 0.6 is 0 Å². The van der Waals surface area contributed by atoms with Crippen LogP contribution < -0.4 is 4.90 Å². The van der Waals surface area contributed by atoms with E-state index in [-0.39, 0.29) is 0 Å². The maximum Gasteiger partial charge on any atom is 0.222 e. The van der Waals surface area contributed by atoms with Crippen LogP contribution in [0, 0.1) is 6.92 Å². The lowest BCUT2D eigenvalue weighted by atomic mass is 10.0. The van der Waals surface area contributed by atoms with Gasteiger partial charge in [-0.1, -0.05) is 0 Å². The van der Waals surface area contributed by atoms with Crippen LogP contribution in [0.2, 0.25) is 0 Å². The van der Waals surface area contributed by atoms with Gasteiger partial charge in [0, 0.05) is 32.1 Å². The Hall–Kier alpha value is -1.65. The predicted octanol–water partition coefficient (Wildman–Crippen LogP) is 1.38. The van der Waals surface area contributed by atoms with Crippen LogP contribution in [0.5, 0.6) is 0 Å². The minimum absolute atomic E-state index is 0.341. The first kappa shape index (κ1) is 12.4. The minimum atomic E-state index is 0.341. The molecule has 0 bridgehead atoms. The monoisotopic (exact) mass is 260 g/mol. The van der Waals surface area contributed by atoms with E-state index in [9.17, 15) is 4.79 Å². The van der Waals surface area contributed by atoms with E-state index in [0.717, 1.165) is 56.8 Å². The number of carbonyl (C=O) groups is 1. The van der Waals surface area contributed by atoms with Gasteiger partial charge in [-0.3, -0.25) is 9.78 Å². The molecule has 5 nitrogen and oxygen atoms in total. The van der Waals surface area contributed by atoms with Crippen molar-refractivity contribution in [3.63, 3.8) is 0 Å². The van der Waals surface area contributed by atoms with Gasteiger partial charge < -0.3 is 9.80 Å². The summed E-state index contributed by atoms with van der Waals surface area (Å²) in [4.78, 5) is 24.8. The summed E-state index contributed by atoms with van der Waals surface area (Å²) >= 11 is 0. The van der Waals surface area contributed by atoms with Crippen LogP contribution in [-0.2, 0) is 4.79 Å². The van der Waals surface area contributed by atoms with Gasteiger partial charge in [-0.05, 0) is 26.2 Å². The molecule has 5 heteroatoms. The highest BCUT2D eigenvalue weighted by molar-refractivity contribution is 5.78. The van der Waals surface area contributed by atoms with Crippen LogP contribution in [0.1, 0.15) is 31.4 Å². The zero-order valence-electron chi connectivity index (χ0n) is 11.4. The van der Waals surface area contributed by atoms with Crippen molar-refractivity contribution < 1.29 is 4.79 Å². The van der Waals surface area contributed by atoms with Gasteiger partial charge in [0.05, 0.1) is 18.1 Å². The van der Waals surface area contributed by atoms with Crippen LogP contribution in [0.25, 0.3) is 0 Å². The fraction of sp³-hybridized carbons (Fsp3) is 0.643. The summed E-state index contributed by atoms with van der Waals surface area (Å²) in [5.41, 5.74) is 0.946. The summed E-state index contributed by atoms with van der Waals surface area (Å²) < 4.78 is 0. The first-order valence-corrected chi connectivity index (χ1v) is 7.07. The number of piperidine rings is 1. The molecule has 0 saturated carbocycles. The number of nitrogens with zero attached hydrogens (tertiary/aromatic N) is 4. The Morgan fingerprint density at radius 1 is 1.16 bits per heavy atom. The van der Waals surface area contributed by atoms with E-state index < -0.39 is 0 Å². The van der Waals surface area contributed by atoms with Crippen LogP contribution in [0.15, 0.2) is 12.4 Å². The van der Waals surface area contributed by atoms with Gasteiger partial charge in [0.15, 0.2) is 0 Å². The van der Waals surface area contributed by atoms with E-state index in [0.29, 0.717) is 11.9 Å². The Morgan fingerprint density at radius 3 is 2.53 bits per heavy atom. The van der Waals surface area contributed by atoms with E-state index >= 15 is 0 Å². The van der Waals surface area contributed by atoms with Crippen molar-refractivity contribution in [3.8, 4) is 0 Å². The predicted molar refractivity (Wildman–Crippen MR) is 73.0 cm³/mol. The van der Waals surface area contributed by atoms with Gasteiger partial charge in [0.2, 0.25) is 5.91 Å². The van der Waals surface area contributed by atoms with Crippen molar-refractivity contribution in [1.82, 2.24) is 14.9 Å². The van der Waals surface area contributed by atoms with Crippen molar-refractivity contribution in [2.45, 2.75) is 38.6 Å². The number of aryl methyl sites for hydroxylation is 1. The highest BCUT2D eigenvalue weighted by Crippen LogP contribution is 2.24. The molecule has 3 heterocycles. The molecular weight excluding hydrogens is 240 g/mol. The number of hydrogen-bond donors (Lipinski definition) is 0. The van der Waals surface area contributed by atoms with Gasteiger partial charge in [-0.15, -0.1) is 0 Å². The zero-order valence-corrected chi connectivity index (χ0v) is 11.4. The molecule has 102 valence electrons. The molecule has 0 aromatic carbocycles. The van der Waals surface area contributed by atoms with E-state index in [1.54, 1.807) is 0 Å². The number of aromatic nitrogens is 2. The standard InChI is InChI=1S/C14H20N4O/c1-11-9-16-13(10-15-11)17-7-4-12(5-8-17)18-6-2-3-14(18)19/h9-10,12H,2-8H2,1H3. The molecule has 0 unspecified atom stereocenters. The number of rotatable bonds is 2. The first-order valence-electron chi connectivity index (χ1n) is 7.07. The van der Waals surface area contributed by atoms with E-state index in [2.05, 4.69) is 19.8 Å². The van der Waals surface area contributed by atoms with E-state index in [4.69, 9.17) is 0 Å². The number of amides is 1. The average Bonchev–Trinajstić information content (AvgIpc) is 2.86. The second-order valence-electron chi connectivity index (χ2n) is 5.42. The van der Waals surface area contributed by atoms with Crippen molar-refractivity contribution in [2.75, 3.05) is 24.5 Å². The van der Waals surface area contributed by atoms with Crippen LogP contribution in [0.3, 0.4) is 0 Å². The molecule has 2 aliphatic rings. The quantitative estimate of drug-likeness (QED) is 0.806. The number of carbonyl (C=O) groups excluding carboxylic acids is 1. The van der Waals surface area contributed by atoms with Gasteiger partial charge in [-0.25, -0.2) is 4.98 Å². The van der Waals surface area contributed by atoms with Crippen molar-refractivity contribution in [1.29, 1.82) is 0 Å². The van der Waals surface area contributed by atoms with Gasteiger partial charge in [0.25, 0.3) is 0 Å². The Labute approximate surface area is 113 Å². The fourth-order valence-electron chi connectivity index (χ4n) is 3.01. The summed E-state index contributed by atoms with van der Waals surface area (Å²) in [6.07, 6.45) is 7.51. The maximum atomic E-state index is 11.8. The van der Waals surface area contributed by atoms with Crippen molar-refractivity contribution in [3.05, 3.63) is 18.1 Å². The second kappa shape index (κ2) is 5.15. The average molecular weight is 260 g/mol. The molecule has 2 fully saturated rings. The normalized spacial score (nSPS) is 21.2. The molecule has 1 amide bonds. The lowest BCUT2D eigenvalue weighted by Gasteiger charge is -2.37. The molecule has 2 saturated heterocycles. The van der Waals surface area contributed by atoms with Gasteiger partial charge >= 0.3 is 0 Å². The lowest BCUT2D eigenvalue weighted by molar-refractivity contribution is -0.130. The zero-order chi connectivity index (χ0) is 13.2. The van der Waals surface area contributed by atoms with Crippen molar-refractivity contribution >= 4 is 11.7 Å². The SMILES string of the molecule is Cc1cnc(N2CCC(N3CCCC3=O)CC2)cn1. The molecule has 0 radical (unpaired) electrons. The highest BCUT2D eigenvalue weighted by atomic mass is 16.2. The third-order valence-electron chi connectivity index (χ3n) is 4.11. The summed E-state index contributed by atoms with van der Waals surface area (Å²) in [6, 6.07) is 0.435. The lowest BCUT2D eigenvalue weighted by Crippen LogP contribution is -2.45. The summed E-state index contributed by atoms with van der Waals surface area (Å²) in [7, 11) is 0. The third-order valence-corrected chi connectivity index (χ3v) is 4.11. The van der Waals surface area contributed by atoms with Crippen LogP contribution in [-0.4, -0.2) is 46.5 Å². The van der Waals surface area contributed by atoms with E-state index in [1.165, 1.54) is 0 Å². The molecule has 3 rings (SSSR count). The first-order chi connectivity index (χ1) is 9.24. The topological polar surface area (TPSA) is 49.3 Å². The Morgan fingerprint density at radius 2 is 1.95 bits per heavy atom. The molecule has 0 atom stereocenters. The summed E-state index contributed by atoms with van der Waals surface area (Å²) in [5, 5.41) is 0. The smallest absolute Gasteiger partial charge is 0.222 e. The molecule has 19 heavy (non-hydrogen) atoms. The Kier molecular flexibility index (Phi) is 3.36. The molecule has 1 aromatic heterocycles. The maximum absolute atomic E-state index is 11.8. The number of hydrogen-bond acceptors (Lipinski definition) is 4. The molecular formula is C14H20N4O. The Bertz CT molecular complexity index is 451. The van der Waals surface area contributed by atoms with Gasteiger partial charge in [-0.2, -0.15) is 0 Å². The largest absolute Gasteiger partial charge is 0.355 e. The molecule has 1 aromatic rings. The molecule has 0 spiro atoms. The molecule has 0 aliphatic carbocycles. The number of anilines is 1. The van der Waals surface area contributed by atoms with Crippen LogP contribution in [0.4, 0.5) is 5.82 Å². The van der Waals surface area contributed by atoms with Crippen molar-refractivity contribution in [2.24, 2.45) is 0 Å². The second-order valence-corrected chi connectivity index (χ2v) is 5.42. The number of likely N-dealkylation sites (tertiary alicyclic amines) is 1.